The molecule has 2 aromatic rings. The maximum absolute atomic E-state index is 12.5. The molecule has 4 heteroatoms. The quantitative estimate of drug-likeness (QED) is 0.760. The summed E-state index contributed by atoms with van der Waals surface area (Å²) in [4.78, 5) is 12.5. The summed E-state index contributed by atoms with van der Waals surface area (Å²) in [5.41, 5.74) is 2.70. The van der Waals surface area contributed by atoms with Crippen molar-refractivity contribution in [3.05, 3.63) is 65.2 Å². The summed E-state index contributed by atoms with van der Waals surface area (Å²) in [5.74, 6) is 0.786. The van der Waals surface area contributed by atoms with Crippen LogP contribution in [0.1, 0.15) is 40.4 Å². The van der Waals surface area contributed by atoms with Gasteiger partial charge in [0.25, 0.3) is 0 Å². The first kappa shape index (κ1) is 15.4. The Hall–Kier alpha value is -2.17. The lowest BCUT2D eigenvalue weighted by molar-refractivity contribution is 0.0300. The van der Waals surface area contributed by atoms with Crippen molar-refractivity contribution < 1.29 is 19.0 Å². The standard InChI is InChI=1S/C20H20O4/c21-17-9-10-18(24-13-15-12-22-15)16-7-4-8-19(20(16)17)23-11-14-5-2-1-3-6-14/h1-8,15,18H,9-13H2. The highest BCUT2D eigenvalue weighted by molar-refractivity contribution is 6.01. The van der Waals surface area contributed by atoms with E-state index in [-0.39, 0.29) is 18.0 Å². The predicted molar refractivity (Wildman–Crippen MR) is 89.2 cm³/mol. The van der Waals surface area contributed by atoms with Crippen LogP contribution in [0, 0.1) is 0 Å². The zero-order chi connectivity index (χ0) is 16.4. The molecule has 2 atom stereocenters. The van der Waals surface area contributed by atoms with Gasteiger partial charge in [0.15, 0.2) is 5.78 Å². The minimum Gasteiger partial charge on any atom is -0.488 e. The molecule has 1 saturated heterocycles. The van der Waals surface area contributed by atoms with Crippen molar-refractivity contribution in [1.82, 2.24) is 0 Å². The number of rotatable bonds is 6. The predicted octanol–water partition coefficient (Wildman–Crippen LogP) is 3.70. The van der Waals surface area contributed by atoms with E-state index in [0.29, 0.717) is 30.9 Å². The van der Waals surface area contributed by atoms with Gasteiger partial charge >= 0.3 is 0 Å². The summed E-state index contributed by atoms with van der Waals surface area (Å²) >= 11 is 0. The number of benzene rings is 2. The Morgan fingerprint density at radius 1 is 1.08 bits per heavy atom. The second-order valence-electron chi connectivity index (χ2n) is 6.23. The minimum atomic E-state index is -0.0535. The molecule has 0 spiro atoms. The third-order valence-corrected chi connectivity index (χ3v) is 4.44. The number of carbonyl (C=O) groups excluding carboxylic acids is 1. The molecule has 4 nitrogen and oxygen atoms in total. The zero-order valence-electron chi connectivity index (χ0n) is 13.4. The van der Waals surface area contributed by atoms with Crippen LogP contribution in [-0.4, -0.2) is 25.1 Å². The number of hydrogen-bond acceptors (Lipinski definition) is 4. The van der Waals surface area contributed by atoms with Crippen LogP contribution in [0.3, 0.4) is 0 Å². The molecule has 2 unspecified atom stereocenters. The molecule has 4 rings (SSSR count). The number of ether oxygens (including phenoxy) is 3. The molecule has 0 amide bonds. The van der Waals surface area contributed by atoms with Crippen molar-refractivity contribution in [2.24, 2.45) is 0 Å². The van der Waals surface area contributed by atoms with Crippen LogP contribution < -0.4 is 4.74 Å². The number of hydrogen-bond donors (Lipinski definition) is 0. The summed E-state index contributed by atoms with van der Waals surface area (Å²) in [6, 6.07) is 15.7. The van der Waals surface area contributed by atoms with E-state index >= 15 is 0 Å². The Kier molecular flexibility index (Phi) is 4.32. The molecular formula is C20H20O4. The van der Waals surface area contributed by atoms with E-state index in [2.05, 4.69) is 0 Å². The number of epoxide rings is 1. The normalized spacial score (nSPS) is 22.1. The van der Waals surface area contributed by atoms with Crippen molar-refractivity contribution in [3.63, 3.8) is 0 Å². The van der Waals surface area contributed by atoms with E-state index in [1.165, 1.54) is 0 Å². The smallest absolute Gasteiger partial charge is 0.167 e. The van der Waals surface area contributed by atoms with Crippen molar-refractivity contribution in [2.45, 2.75) is 31.7 Å². The van der Waals surface area contributed by atoms with Gasteiger partial charge in [-0.05, 0) is 23.6 Å². The molecule has 1 aliphatic carbocycles. The van der Waals surface area contributed by atoms with Gasteiger partial charge in [-0.15, -0.1) is 0 Å². The number of ketones is 1. The van der Waals surface area contributed by atoms with Crippen molar-refractivity contribution in [1.29, 1.82) is 0 Å². The summed E-state index contributed by atoms with van der Waals surface area (Å²) in [5, 5.41) is 0. The summed E-state index contributed by atoms with van der Waals surface area (Å²) < 4.78 is 17.1. The van der Waals surface area contributed by atoms with E-state index in [4.69, 9.17) is 14.2 Å². The van der Waals surface area contributed by atoms with Gasteiger partial charge in [-0.2, -0.15) is 0 Å². The second kappa shape index (κ2) is 6.75. The van der Waals surface area contributed by atoms with E-state index in [1.807, 2.05) is 48.5 Å². The van der Waals surface area contributed by atoms with Crippen LogP contribution in [0.5, 0.6) is 5.75 Å². The van der Waals surface area contributed by atoms with Crippen LogP contribution in [0.4, 0.5) is 0 Å². The summed E-state index contributed by atoms with van der Waals surface area (Å²) in [7, 11) is 0. The van der Waals surface area contributed by atoms with Crippen molar-refractivity contribution in [3.8, 4) is 5.75 Å². The van der Waals surface area contributed by atoms with Gasteiger partial charge in [-0.25, -0.2) is 0 Å². The van der Waals surface area contributed by atoms with Crippen LogP contribution >= 0.6 is 0 Å². The lowest BCUT2D eigenvalue weighted by Gasteiger charge is -2.26. The number of Topliss-reactive ketones (excluding diaryl/α,β-unsaturated/α-hetero) is 1. The SMILES string of the molecule is O=C1CCC(OCC2CO2)c2cccc(OCc3ccccc3)c21. The molecule has 24 heavy (non-hydrogen) atoms. The first-order valence-corrected chi connectivity index (χ1v) is 8.37. The van der Waals surface area contributed by atoms with Gasteiger partial charge in [-0.1, -0.05) is 42.5 Å². The lowest BCUT2D eigenvalue weighted by atomic mass is 9.87. The van der Waals surface area contributed by atoms with Crippen LogP contribution in [0.25, 0.3) is 0 Å². The number of carbonyl (C=O) groups is 1. The minimum absolute atomic E-state index is 0.0535. The van der Waals surface area contributed by atoms with Crippen molar-refractivity contribution in [2.75, 3.05) is 13.2 Å². The largest absolute Gasteiger partial charge is 0.488 e. The highest BCUT2D eigenvalue weighted by Crippen LogP contribution is 2.38. The van der Waals surface area contributed by atoms with Crippen LogP contribution in [-0.2, 0) is 16.1 Å². The Balaban J connectivity index is 1.54. The topological polar surface area (TPSA) is 48.1 Å². The zero-order valence-corrected chi connectivity index (χ0v) is 13.4. The molecule has 1 fully saturated rings. The van der Waals surface area contributed by atoms with E-state index in [1.54, 1.807) is 0 Å². The maximum Gasteiger partial charge on any atom is 0.167 e. The van der Waals surface area contributed by atoms with Gasteiger partial charge in [-0.3, -0.25) is 4.79 Å². The highest BCUT2D eigenvalue weighted by Gasteiger charge is 2.31. The molecule has 124 valence electrons. The van der Waals surface area contributed by atoms with Gasteiger partial charge in [0.2, 0.25) is 0 Å². The molecule has 0 bridgehead atoms. The number of fused-ring (bicyclic) bond motifs is 1. The Morgan fingerprint density at radius 3 is 2.71 bits per heavy atom. The van der Waals surface area contributed by atoms with Crippen LogP contribution in [0.15, 0.2) is 48.5 Å². The second-order valence-corrected chi connectivity index (χ2v) is 6.23. The monoisotopic (exact) mass is 324 g/mol. The molecular weight excluding hydrogens is 304 g/mol. The lowest BCUT2D eigenvalue weighted by Crippen LogP contribution is -2.20. The molecule has 1 aliphatic heterocycles. The summed E-state index contributed by atoms with van der Waals surface area (Å²) in [6.07, 6.45) is 1.39. The van der Waals surface area contributed by atoms with Gasteiger partial charge in [0.05, 0.1) is 24.9 Å². The van der Waals surface area contributed by atoms with Crippen molar-refractivity contribution >= 4 is 5.78 Å². The third kappa shape index (κ3) is 3.35. The molecule has 2 aliphatic rings. The molecule has 0 N–H and O–H groups in total. The molecule has 0 saturated carbocycles. The Bertz CT molecular complexity index is 722. The summed E-state index contributed by atoms with van der Waals surface area (Å²) in [6.45, 7) is 1.82. The van der Waals surface area contributed by atoms with Gasteiger partial charge < -0.3 is 14.2 Å². The first-order chi connectivity index (χ1) is 11.8. The fourth-order valence-electron chi connectivity index (χ4n) is 3.07. The van der Waals surface area contributed by atoms with Gasteiger partial charge in [0, 0.05) is 6.42 Å². The molecule has 1 heterocycles. The van der Waals surface area contributed by atoms with E-state index < -0.39 is 0 Å². The average molecular weight is 324 g/mol. The van der Waals surface area contributed by atoms with Crippen LogP contribution in [0.2, 0.25) is 0 Å². The van der Waals surface area contributed by atoms with Gasteiger partial charge in [0.1, 0.15) is 18.5 Å². The average Bonchev–Trinajstić information content (AvgIpc) is 3.45. The first-order valence-electron chi connectivity index (χ1n) is 8.37. The molecule has 0 aromatic heterocycles. The Morgan fingerprint density at radius 2 is 1.92 bits per heavy atom. The maximum atomic E-state index is 12.5. The van der Waals surface area contributed by atoms with E-state index in [0.717, 1.165) is 24.2 Å². The highest BCUT2D eigenvalue weighted by atomic mass is 16.6. The Labute approximate surface area is 141 Å². The third-order valence-electron chi connectivity index (χ3n) is 4.44. The molecule has 0 radical (unpaired) electrons. The fourth-order valence-corrected chi connectivity index (χ4v) is 3.07. The molecule has 2 aromatic carbocycles. The fraction of sp³-hybridized carbons (Fsp3) is 0.350. The van der Waals surface area contributed by atoms with E-state index in [9.17, 15) is 4.79 Å².